The summed E-state index contributed by atoms with van der Waals surface area (Å²) in [7, 11) is -2.01. The normalized spacial score (nSPS) is 29.0. The number of ether oxygens (including phenoxy) is 1. The summed E-state index contributed by atoms with van der Waals surface area (Å²) in [6.45, 7) is 22.3. The van der Waals surface area contributed by atoms with Gasteiger partial charge in [-0.15, -0.1) is 0 Å². The number of amides is 1. The highest BCUT2D eigenvalue weighted by Gasteiger charge is 2.55. The van der Waals surface area contributed by atoms with Gasteiger partial charge in [0.05, 0.1) is 24.3 Å². The third kappa shape index (κ3) is 4.74. The fraction of sp³-hybridized carbons (Fsp3) is 0.952. The number of carbonyl (C=O) groups excluding carboxylic acids is 1. The van der Waals surface area contributed by atoms with Gasteiger partial charge in [0.15, 0.2) is 0 Å². The van der Waals surface area contributed by atoms with E-state index in [1.54, 1.807) is 0 Å². The van der Waals surface area contributed by atoms with Crippen molar-refractivity contribution in [3.05, 3.63) is 0 Å². The molecule has 1 amide bonds. The molecule has 0 saturated carbocycles. The fourth-order valence-corrected chi connectivity index (χ4v) is 10.9. The lowest BCUT2D eigenvalue weighted by molar-refractivity contribution is -0.146. The lowest BCUT2D eigenvalue weighted by Gasteiger charge is -2.45. The lowest BCUT2D eigenvalue weighted by Crippen LogP contribution is -2.56. The molecule has 7 heteroatoms. The Hall–Kier alpha value is -0.633. The number of nitrogens with zero attached hydrogens (tertiary/aromatic N) is 1. The molecule has 0 bridgehead atoms. The van der Waals surface area contributed by atoms with Crippen molar-refractivity contribution in [3.8, 4) is 0 Å². The van der Waals surface area contributed by atoms with Crippen LogP contribution >= 0.6 is 0 Å². The predicted molar refractivity (Wildman–Crippen MR) is 115 cm³/mol. The molecule has 6 nitrogen and oxygen atoms in total. The largest absolute Gasteiger partial charge is 0.444 e. The van der Waals surface area contributed by atoms with Crippen LogP contribution in [-0.4, -0.2) is 55.9 Å². The zero-order valence-corrected chi connectivity index (χ0v) is 20.5. The second kappa shape index (κ2) is 8.62. The van der Waals surface area contributed by atoms with Gasteiger partial charge in [-0.3, -0.25) is 4.84 Å². The van der Waals surface area contributed by atoms with E-state index in [-0.39, 0.29) is 30.4 Å². The molecule has 28 heavy (non-hydrogen) atoms. The molecule has 0 aliphatic carbocycles. The maximum absolute atomic E-state index is 12.4. The first-order valence-corrected chi connectivity index (χ1v) is 13.0. The number of hydrogen-bond acceptors (Lipinski definition) is 5. The summed E-state index contributed by atoms with van der Waals surface area (Å²) >= 11 is 0. The Morgan fingerprint density at radius 3 is 2.11 bits per heavy atom. The Bertz CT molecular complexity index is 525. The van der Waals surface area contributed by atoms with Gasteiger partial charge >= 0.3 is 6.09 Å². The van der Waals surface area contributed by atoms with E-state index in [9.17, 15) is 4.79 Å². The first-order chi connectivity index (χ1) is 12.8. The van der Waals surface area contributed by atoms with Crippen LogP contribution in [0.15, 0.2) is 0 Å². The van der Waals surface area contributed by atoms with Gasteiger partial charge in [0.2, 0.25) is 8.32 Å². The molecular weight excluding hydrogens is 372 g/mol. The molecule has 2 rings (SSSR count). The van der Waals surface area contributed by atoms with Crippen molar-refractivity contribution >= 4 is 14.4 Å². The van der Waals surface area contributed by atoms with Crippen LogP contribution in [0, 0.1) is 0 Å². The van der Waals surface area contributed by atoms with Gasteiger partial charge in [-0.25, -0.2) is 4.79 Å². The van der Waals surface area contributed by atoms with E-state index < -0.39 is 13.9 Å². The van der Waals surface area contributed by atoms with Crippen molar-refractivity contribution in [2.45, 2.75) is 122 Å². The van der Waals surface area contributed by atoms with Gasteiger partial charge in [0.25, 0.3) is 0 Å². The highest BCUT2D eigenvalue weighted by Crippen LogP contribution is 2.45. The second-order valence-corrected chi connectivity index (χ2v) is 15.8. The number of fused-ring (bicyclic) bond motifs is 1. The molecule has 2 fully saturated rings. The zero-order valence-electron chi connectivity index (χ0n) is 19.5. The zero-order chi connectivity index (χ0) is 21.4. The average molecular weight is 415 g/mol. The van der Waals surface area contributed by atoms with Crippen LogP contribution in [0.25, 0.3) is 0 Å². The Morgan fingerprint density at radius 2 is 1.64 bits per heavy atom. The maximum atomic E-state index is 12.4. The topological polar surface area (TPSA) is 60.0 Å². The predicted octanol–water partition coefficient (Wildman–Crippen LogP) is 4.85. The van der Waals surface area contributed by atoms with Crippen LogP contribution in [0.2, 0.25) is 16.6 Å². The third-order valence-corrected chi connectivity index (χ3v) is 12.4. The minimum absolute atomic E-state index is 0.0330. The SMILES string of the molecule is CC(C)[Si](O[C@H]1CCN2O[C@@H](C)[C@@H](NC(=O)OC(C)(C)C)[C@H]12)(C(C)C)C(C)C. The molecule has 164 valence electrons. The van der Waals surface area contributed by atoms with Crippen LogP contribution in [0.3, 0.4) is 0 Å². The molecule has 0 radical (unpaired) electrons. The van der Waals surface area contributed by atoms with E-state index in [1.807, 2.05) is 32.8 Å². The minimum Gasteiger partial charge on any atom is -0.444 e. The van der Waals surface area contributed by atoms with E-state index in [0.717, 1.165) is 13.0 Å². The van der Waals surface area contributed by atoms with E-state index in [4.69, 9.17) is 14.0 Å². The molecule has 2 aliphatic heterocycles. The second-order valence-electron chi connectivity index (χ2n) is 10.4. The maximum Gasteiger partial charge on any atom is 0.408 e. The smallest absolute Gasteiger partial charge is 0.408 e. The summed E-state index contributed by atoms with van der Waals surface area (Å²) in [5, 5.41) is 5.09. The Kier molecular flexibility index (Phi) is 7.28. The molecule has 0 aromatic carbocycles. The van der Waals surface area contributed by atoms with Crippen LogP contribution in [0.1, 0.15) is 75.7 Å². The highest BCUT2D eigenvalue weighted by atomic mass is 28.4. The molecule has 4 atom stereocenters. The molecule has 0 spiro atoms. The summed E-state index contributed by atoms with van der Waals surface area (Å²) in [6.07, 6.45) is 0.520. The number of rotatable bonds is 6. The van der Waals surface area contributed by atoms with Crippen LogP contribution in [-0.2, 0) is 14.0 Å². The van der Waals surface area contributed by atoms with Crippen LogP contribution < -0.4 is 5.32 Å². The number of nitrogens with one attached hydrogen (secondary N) is 1. The lowest BCUT2D eigenvalue weighted by atomic mass is 10.0. The van der Waals surface area contributed by atoms with Crippen molar-refractivity contribution in [2.24, 2.45) is 0 Å². The van der Waals surface area contributed by atoms with Crippen molar-refractivity contribution in [1.82, 2.24) is 10.4 Å². The van der Waals surface area contributed by atoms with Crippen LogP contribution in [0.5, 0.6) is 0 Å². The first-order valence-electron chi connectivity index (χ1n) is 10.9. The quantitative estimate of drug-likeness (QED) is 0.630. The summed E-state index contributed by atoms with van der Waals surface area (Å²) in [6, 6.07) is -0.105. The van der Waals surface area contributed by atoms with E-state index >= 15 is 0 Å². The van der Waals surface area contributed by atoms with Gasteiger partial charge in [0, 0.05) is 6.54 Å². The van der Waals surface area contributed by atoms with Gasteiger partial charge in [-0.2, -0.15) is 5.06 Å². The van der Waals surface area contributed by atoms with Gasteiger partial charge in [-0.1, -0.05) is 41.5 Å². The number of hydroxylamine groups is 2. The van der Waals surface area contributed by atoms with E-state index in [2.05, 4.69) is 46.9 Å². The van der Waals surface area contributed by atoms with E-state index in [0.29, 0.717) is 16.6 Å². The monoisotopic (exact) mass is 414 g/mol. The summed E-state index contributed by atoms with van der Waals surface area (Å²) in [4.78, 5) is 18.5. The van der Waals surface area contributed by atoms with Gasteiger partial charge < -0.3 is 14.5 Å². The molecule has 0 unspecified atom stereocenters. The fourth-order valence-electron chi connectivity index (χ4n) is 5.30. The third-order valence-electron chi connectivity index (χ3n) is 6.27. The van der Waals surface area contributed by atoms with E-state index in [1.165, 1.54) is 0 Å². The molecule has 2 heterocycles. The Labute approximate surface area is 172 Å². The standard InChI is InChI=1S/C21H42N2O4Si/c1-13(2)28(14(3)4,15(5)6)27-17-11-12-23-19(17)18(16(7)26-23)22-20(24)25-21(8,9)10/h13-19H,11-12H2,1-10H3,(H,22,24)/t16-,17-,18+,19-/m0/s1. The van der Waals surface area contributed by atoms with Crippen LogP contribution in [0.4, 0.5) is 4.79 Å². The summed E-state index contributed by atoms with van der Waals surface area (Å²) < 4.78 is 12.6. The average Bonchev–Trinajstić information content (AvgIpc) is 3.02. The number of alkyl carbamates (subject to hydrolysis) is 1. The van der Waals surface area contributed by atoms with Crippen molar-refractivity contribution in [1.29, 1.82) is 0 Å². The molecule has 0 aromatic heterocycles. The number of hydrogen-bond donors (Lipinski definition) is 1. The molecular formula is C21H42N2O4Si. The minimum atomic E-state index is -2.01. The Balaban J connectivity index is 2.21. The van der Waals surface area contributed by atoms with Crippen molar-refractivity contribution < 1.29 is 18.8 Å². The van der Waals surface area contributed by atoms with Crippen molar-refractivity contribution in [2.75, 3.05) is 6.54 Å². The molecule has 0 aromatic rings. The van der Waals surface area contributed by atoms with Gasteiger partial charge in [-0.05, 0) is 50.7 Å². The summed E-state index contributed by atoms with van der Waals surface area (Å²) in [5.41, 5.74) is 1.06. The molecule has 1 N–H and O–H groups in total. The van der Waals surface area contributed by atoms with Crippen molar-refractivity contribution in [3.63, 3.8) is 0 Å². The molecule has 2 aliphatic rings. The first kappa shape index (κ1) is 23.6. The Morgan fingerprint density at radius 1 is 1.11 bits per heavy atom. The van der Waals surface area contributed by atoms with Gasteiger partial charge in [0.1, 0.15) is 5.60 Å². The highest BCUT2D eigenvalue weighted by molar-refractivity contribution is 6.77. The molecule has 2 saturated heterocycles. The summed E-state index contributed by atoms with van der Waals surface area (Å²) in [5.74, 6) is 0. The number of carbonyl (C=O) groups is 1.